The number of nitrogens with zero attached hydrogens (tertiary/aromatic N) is 1. The molecule has 0 saturated carbocycles. The van der Waals surface area contributed by atoms with Crippen LogP contribution in [0.5, 0.6) is 0 Å². The van der Waals surface area contributed by atoms with Crippen LogP contribution in [0.25, 0.3) is 0 Å². The van der Waals surface area contributed by atoms with Gasteiger partial charge in [-0.2, -0.15) is 0 Å². The molecule has 5 nitrogen and oxygen atoms in total. The molecule has 1 aliphatic heterocycles. The molecule has 1 saturated heterocycles. The number of ether oxygens (including phenoxy) is 1. The van der Waals surface area contributed by atoms with E-state index in [1.807, 2.05) is 30.3 Å². The van der Waals surface area contributed by atoms with Crippen molar-refractivity contribution in [2.45, 2.75) is 31.9 Å². The van der Waals surface area contributed by atoms with Crippen LogP contribution < -0.4 is 10.6 Å². The summed E-state index contributed by atoms with van der Waals surface area (Å²) in [6, 6.07) is 13.9. The van der Waals surface area contributed by atoms with E-state index in [1.165, 1.54) is 5.56 Å². The highest BCUT2D eigenvalue weighted by Crippen LogP contribution is 2.33. The number of pyridine rings is 1. The van der Waals surface area contributed by atoms with Gasteiger partial charge in [-0.1, -0.05) is 37.3 Å². The van der Waals surface area contributed by atoms with Crippen LogP contribution in [0.3, 0.4) is 0 Å². The predicted octanol–water partition coefficient (Wildman–Crippen LogP) is 3.61. The maximum atomic E-state index is 12.3. The normalized spacial score (nSPS) is 20.8. The van der Waals surface area contributed by atoms with Crippen LogP contribution in [0.1, 0.15) is 43.0 Å². The molecule has 0 radical (unpaired) electrons. The van der Waals surface area contributed by atoms with E-state index in [0.717, 1.165) is 25.0 Å². The summed E-state index contributed by atoms with van der Waals surface area (Å²) >= 11 is 0. The lowest BCUT2D eigenvalue weighted by molar-refractivity contribution is 0.0909. The van der Waals surface area contributed by atoms with E-state index in [2.05, 4.69) is 34.7 Å². The molecule has 3 rings (SSSR count). The fourth-order valence-corrected chi connectivity index (χ4v) is 3.30. The second-order valence-corrected chi connectivity index (χ2v) is 6.35. The molecule has 2 heterocycles. The first-order chi connectivity index (χ1) is 12.3. The Morgan fingerprint density at radius 3 is 2.72 bits per heavy atom. The van der Waals surface area contributed by atoms with Crippen LogP contribution >= 0.6 is 0 Å². The molecule has 1 aromatic carbocycles. The van der Waals surface area contributed by atoms with Crippen LogP contribution in [0.15, 0.2) is 54.9 Å². The number of urea groups is 1. The molecule has 0 unspecified atom stereocenters. The molecule has 0 aliphatic carbocycles. The van der Waals surface area contributed by atoms with Crippen LogP contribution in [-0.2, 0) is 4.74 Å². The molecule has 5 heteroatoms. The largest absolute Gasteiger partial charge is 0.373 e. The third-order valence-electron chi connectivity index (χ3n) is 4.69. The van der Waals surface area contributed by atoms with Gasteiger partial charge >= 0.3 is 6.03 Å². The predicted molar refractivity (Wildman–Crippen MR) is 97.0 cm³/mol. The molecule has 132 valence electrons. The molecular weight excluding hydrogens is 314 g/mol. The highest BCUT2D eigenvalue weighted by molar-refractivity contribution is 5.74. The number of benzene rings is 1. The van der Waals surface area contributed by atoms with Gasteiger partial charge in [-0.25, -0.2) is 4.79 Å². The molecule has 1 aliphatic rings. The number of carbonyl (C=O) groups excluding carboxylic acids is 1. The Bertz CT molecular complexity index is 663. The molecule has 0 bridgehead atoms. The summed E-state index contributed by atoms with van der Waals surface area (Å²) in [5, 5.41) is 6.06. The van der Waals surface area contributed by atoms with Crippen molar-refractivity contribution in [1.29, 1.82) is 0 Å². The zero-order valence-corrected chi connectivity index (χ0v) is 14.5. The Morgan fingerprint density at radius 2 is 2.00 bits per heavy atom. The van der Waals surface area contributed by atoms with E-state index < -0.39 is 0 Å². The third-order valence-corrected chi connectivity index (χ3v) is 4.69. The van der Waals surface area contributed by atoms with Crippen molar-refractivity contribution in [3.63, 3.8) is 0 Å². The lowest BCUT2D eigenvalue weighted by atomic mass is 9.95. The molecule has 3 atom stereocenters. The third kappa shape index (κ3) is 4.57. The minimum absolute atomic E-state index is 0.00671. The van der Waals surface area contributed by atoms with Gasteiger partial charge in [-0.3, -0.25) is 4.98 Å². The quantitative estimate of drug-likeness (QED) is 0.845. The Labute approximate surface area is 148 Å². The zero-order valence-electron chi connectivity index (χ0n) is 14.5. The number of carbonyl (C=O) groups is 1. The lowest BCUT2D eigenvalue weighted by Crippen LogP contribution is -2.40. The number of aromatic nitrogens is 1. The first-order valence-corrected chi connectivity index (χ1v) is 8.88. The van der Waals surface area contributed by atoms with E-state index in [9.17, 15) is 4.79 Å². The van der Waals surface area contributed by atoms with Crippen LogP contribution in [-0.4, -0.2) is 24.2 Å². The fraction of sp³-hybridized carbons (Fsp3) is 0.400. The van der Waals surface area contributed by atoms with E-state index in [0.29, 0.717) is 12.5 Å². The summed E-state index contributed by atoms with van der Waals surface area (Å²) in [5.74, 6) is 0.300. The second-order valence-electron chi connectivity index (χ2n) is 6.35. The SMILES string of the molecule is CC[C@H](NC(=O)NC[C@@H]1CCO[C@H]1c1ccccc1)c1ccncc1. The number of rotatable bonds is 6. The molecule has 2 N–H and O–H groups in total. The summed E-state index contributed by atoms with van der Waals surface area (Å²) in [6.45, 7) is 3.40. The van der Waals surface area contributed by atoms with Gasteiger partial charge < -0.3 is 15.4 Å². The minimum Gasteiger partial charge on any atom is -0.373 e. The number of hydrogen-bond acceptors (Lipinski definition) is 3. The number of hydrogen-bond donors (Lipinski definition) is 2. The second kappa shape index (κ2) is 8.62. The average molecular weight is 339 g/mol. The molecule has 2 aromatic rings. The van der Waals surface area contributed by atoms with Crippen LogP contribution in [0.2, 0.25) is 0 Å². The molecule has 1 aromatic heterocycles. The maximum absolute atomic E-state index is 12.3. The van der Waals surface area contributed by atoms with E-state index in [1.54, 1.807) is 12.4 Å². The topological polar surface area (TPSA) is 63.2 Å². The molecule has 2 amide bonds. The Morgan fingerprint density at radius 1 is 1.24 bits per heavy atom. The Kier molecular flexibility index (Phi) is 6.01. The van der Waals surface area contributed by atoms with Crippen molar-refractivity contribution in [3.8, 4) is 0 Å². The monoisotopic (exact) mass is 339 g/mol. The summed E-state index contributed by atoms with van der Waals surface area (Å²) < 4.78 is 5.88. The first kappa shape index (κ1) is 17.4. The molecule has 0 spiro atoms. The van der Waals surface area contributed by atoms with Gasteiger partial charge in [0.2, 0.25) is 0 Å². The number of nitrogens with one attached hydrogen (secondary N) is 2. The standard InChI is InChI=1S/C20H25N3O2/c1-2-18(15-8-11-21-12-9-15)23-20(24)22-14-17-10-13-25-19(17)16-6-4-3-5-7-16/h3-9,11-12,17-19H,2,10,13-14H2,1H3,(H2,22,23,24)/t17-,18-,19-/m0/s1. The number of amides is 2. The van der Waals surface area contributed by atoms with Gasteiger partial charge in [0.25, 0.3) is 0 Å². The van der Waals surface area contributed by atoms with Crippen molar-refractivity contribution in [2.75, 3.05) is 13.2 Å². The van der Waals surface area contributed by atoms with Gasteiger partial charge in [0.05, 0.1) is 12.1 Å². The maximum Gasteiger partial charge on any atom is 0.315 e. The van der Waals surface area contributed by atoms with E-state index in [-0.39, 0.29) is 18.2 Å². The Balaban J connectivity index is 1.53. The summed E-state index contributed by atoms with van der Waals surface area (Å²) in [6.07, 6.45) is 5.34. The van der Waals surface area contributed by atoms with E-state index in [4.69, 9.17) is 4.74 Å². The lowest BCUT2D eigenvalue weighted by Gasteiger charge is -2.21. The zero-order chi connectivity index (χ0) is 17.5. The van der Waals surface area contributed by atoms with Gasteiger partial charge in [0.15, 0.2) is 0 Å². The Hall–Kier alpha value is -2.40. The van der Waals surface area contributed by atoms with Gasteiger partial charge in [0, 0.05) is 31.5 Å². The highest BCUT2D eigenvalue weighted by Gasteiger charge is 2.29. The van der Waals surface area contributed by atoms with Crippen molar-refractivity contribution in [1.82, 2.24) is 15.6 Å². The smallest absolute Gasteiger partial charge is 0.315 e. The summed E-state index contributed by atoms with van der Waals surface area (Å²) in [7, 11) is 0. The average Bonchev–Trinajstić information content (AvgIpc) is 3.14. The van der Waals surface area contributed by atoms with Crippen molar-refractivity contribution in [3.05, 3.63) is 66.0 Å². The van der Waals surface area contributed by atoms with Crippen LogP contribution in [0, 0.1) is 5.92 Å². The molecule has 25 heavy (non-hydrogen) atoms. The summed E-state index contributed by atoms with van der Waals surface area (Å²) in [4.78, 5) is 16.3. The minimum atomic E-state index is -0.137. The van der Waals surface area contributed by atoms with Crippen molar-refractivity contribution in [2.24, 2.45) is 5.92 Å². The molecular formula is C20H25N3O2. The van der Waals surface area contributed by atoms with Crippen molar-refractivity contribution < 1.29 is 9.53 Å². The van der Waals surface area contributed by atoms with Gasteiger partial charge in [-0.05, 0) is 36.1 Å². The molecule has 1 fully saturated rings. The van der Waals surface area contributed by atoms with Crippen LogP contribution in [0.4, 0.5) is 4.79 Å². The summed E-state index contributed by atoms with van der Waals surface area (Å²) in [5.41, 5.74) is 2.24. The van der Waals surface area contributed by atoms with Gasteiger partial charge in [0.1, 0.15) is 0 Å². The van der Waals surface area contributed by atoms with Crippen molar-refractivity contribution >= 4 is 6.03 Å². The van der Waals surface area contributed by atoms with E-state index >= 15 is 0 Å². The highest BCUT2D eigenvalue weighted by atomic mass is 16.5. The first-order valence-electron chi connectivity index (χ1n) is 8.88. The van der Waals surface area contributed by atoms with Gasteiger partial charge in [-0.15, -0.1) is 0 Å². The fourth-order valence-electron chi connectivity index (χ4n) is 3.30.